The summed E-state index contributed by atoms with van der Waals surface area (Å²) >= 11 is 0. The summed E-state index contributed by atoms with van der Waals surface area (Å²) in [5.41, 5.74) is 0. The molecule has 0 spiro atoms. The van der Waals surface area contributed by atoms with Crippen molar-refractivity contribution in [3.8, 4) is 0 Å². The Hall–Kier alpha value is -0.830. The Morgan fingerprint density at radius 2 is 1.94 bits per heavy atom. The molecule has 0 bridgehead atoms. The first-order valence-corrected chi connectivity index (χ1v) is 6.21. The highest BCUT2D eigenvalue weighted by Crippen LogP contribution is 2.02. The molecule has 0 saturated carbocycles. The van der Waals surface area contributed by atoms with Crippen LogP contribution in [0.15, 0.2) is 12.2 Å². The number of unbranched alkanes of at least 4 members (excludes halogenated alkanes) is 3. The van der Waals surface area contributed by atoms with Gasteiger partial charge >= 0.3 is 5.97 Å². The lowest BCUT2D eigenvalue weighted by Gasteiger charge is -2.09. The molecule has 0 rings (SSSR count). The molecule has 16 heavy (non-hydrogen) atoms. The van der Waals surface area contributed by atoms with Crippen LogP contribution in [0.4, 0.5) is 0 Å². The molecule has 1 N–H and O–H groups in total. The van der Waals surface area contributed by atoms with E-state index in [0.29, 0.717) is 13.0 Å². The minimum Gasteiger partial charge on any atom is -0.479 e. The molecule has 0 fully saturated rings. The van der Waals surface area contributed by atoms with E-state index < -0.39 is 12.1 Å². The quantitative estimate of drug-likeness (QED) is 0.460. The first-order chi connectivity index (χ1) is 7.72. The monoisotopic (exact) mass is 228 g/mol. The maximum atomic E-state index is 10.6. The van der Waals surface area contributed by atoms with E-state index in [9.17, 15) is 4.79 Å². The number of rotatable bonds is 10. The van der Waals surface area contributed by atoms with Crippen LogP contribution in [0, 0.1) is 0 Å². The first-order valence-electron chi connectivity index (χ1n) is 6.21. The second-order valence-corrected chi connectivity index (χ2v) is 3.86. The molecule has 0 amide bonds. The van der Waals surface area contributed by atoms with Crippen LogP contribution < -0.4 is 0 Å². The Kier molecular flexibility index (Phi) is 10.1. The van der Waals surface area contributed by atoms with Gasteiger partial charge < -0.3 is 9.84 Å². The molecule has 0 saturated heterocycles. The minimum absolute atomic E-state index is 0.495. The highest BCUT2D eigenvalue weighted by molar-refractivity contribution is 5.72. The summed E-state index contributed by atoms with van der Waals surface area (Å²) in [7, 11) is 0. The van der Waals surface area contributed by atoms with Crippen molar-refractivity contribution in [2.75, 3.05) is 6.61 Å². The molecule has 0 aromatic carbocycles. The fourth-order valence-electron chi connectivity index (χ4n) is 1.39. The molecule has 3 heteroatoms. The summed E-state index contributed by atoms with van der Waals surface area (Å²) in [6, 6.07) is 0. The lowest BCUT2D eigenvalue weighted by Crippen LogP contribution is -2.23. The van der Waals surface area contributed by atoms with Gasteiger partial charge in [-0.2, -0.15) is 0 Å². The number of carbonyl (C=O) groups is 1. The van der Waals surface area contributed by atoms with Crippen molar-refractivity contribution in [1.29, 1.82) is 0 Å². The highest BCUT2D eigenvalue weighted by Gasteiger charge is 2.13. The number of ether oxygens (including phenoxy) is 1. The first kappa shape index (κ1) is 15.2. The number of carboxylic acid groups (broad SMARTS) is 1. The molecule has 0 aromatic heterocycles. The van der Waals surface area contributed by atoms with Crippen molar-refractivity contribution in [3.63, 3.8) is 0 Å². The average Bonchev–Trinajstić information content (AvgIpc) is 2.26. The molecule has 0 aliphatic rings. The van der Waals surface area contributed by atoms with E-state index in [1.807, 2.05) is 6.92 Å². The van der Waals surface area contributed by atoms with E-state index in [1.54, 1.807) is 0 Å². The predicted molar refractivity (Wildman–Crippen MR) is 65.6 cm³/mol. The van der Waals surface area contributed by atoms with Crippen molar-refractivity contribution in [2.45, 2.75) is 58.5 Å². The van der Waals surface area contributed by atoms with Crippen LogP contribution in [0.2, 0.25) is 0 Å². The minimum atomic E-state index is -0.866. The molecule has 0 aliphatic heterocycles. The summed E-state index contributed by atoms with van der Waals surface area (Å²) in [4.78, 5) is 10.6. The molecule has 1 atom stereocenters. The lowest BCUT2D eigenvalue weighted by molar-refractivity contribution is -0.150. The number of hydrogen-bond acceptors (Lipinski definition) is 2. The van der Waals surface area contributed by atoms with E-state index in [-0.39, 0.29) is 0 Å². The Morgan fingerprint density at radius 3 is 2.50 bits per heavy atom. The predicted octanol–water partition coefficient (Wildman–Crippen LogP) is 3.39. The van der Waals surface area contributed by atoms with Gasteiger partial charge in [0.1, 0.15) is 0 Å². The standard InChI is InChI=1S/C13H24O3/c1-3-5-6-7-8-9-10-11-16-12(4-2)13(14)15/h8-9,12H,3-7,10-11H2,1-2H3,(H,14,15)/b9-8-. The van der Waals surface area contributed by atoms with Gasteiger partial charge in [-0.25, -0.2) is 4.79 Å². The molecule has 0 heterocycles. The SMILES string of the molecule is CCCCC/C=C\CCOC(CC)C(=O)O. The second kappa shape index (κ2) is 10.7. The summed E-state index contributed by atoms with van der Waals surface area (Å²) in [6.45, 7) is 4.50. The van der Waals surface area contributed by atoms with Crippen molar-refractivity contribution < 1.29 is 14.6 Å². The third kappa shape index (κ3) is 8.48. The normalized spacial score (nSPS) is 13.1. The Balaban J connectivity index is 3.40. The van der Waals surface area contributed by atoms with Crippen molar-refractivity contribution in [1.82, 2.24) is 0 Å². The molecule has 3 nitrogen and oxygen atoms in total. The van der Waals surface area contributed by atoms with Crippen LogP contribution in [-0.2, 0) is 9.53 Å². The van der Waals surface area contributed by atoms with Crippen molar-refractivity contribution in [2.24, 2.45) is 0 Å². The van der Waals surface area contributed by atoms with Crippen LogP contribution in [0.5, 0.6) is 0 Å². The zero-order valence-electron chi connectivity index (χ0n) is 10.4. The van der Waals surface area contributed by atoms with Gasteiger partial charge in [0.05, 0.1) is 6.61 Å². The second-order valence-electron chi connectivity index (χ2n) is 3.86. The Labute approximate surface area is 98.5 Å². The van der Waals surface area contributed by atoms with Crippen LogP contribution in [-0.4, -0.2) is 23.8 Å². The fraction of sp³-hybridized carbons (Fsp3) is 0.769. The molecule has 1 unspecified atom stereocenters. The Morgan fingerprint density at radius 1 is 1.25 bits per heavy atom. The van der Waals surface area contributed by atoms with E-state index in [0.717, 1.165) is 12.8 Å². The van der Waals surface area contributed by atoms with Crippen molar-refractivity contribution >= 4 is 5.97 Å². The van der Waals surface area contributed by atoms with E-state index in [4.69, 9.17) is 9.84 Å². The summed E-state index contributed by atoms with van der Waals surface area (Å²) < 4.78 is 5.23. The van der Waals surface area contributed by atoms with Gasteiger partial charge in [-0.3, -0.25) is 0 Å². The third-order valence-electron chi connectivity index (χ3n) is 2.39. The summed E-state index contributed by atoms with van der Waals surface area (Å²) in [5.74, 6) is -0.866. The van der Waals surface area contributed by atoms with Gasteiger partial charge in [0.2, 0.25) is 0 Å². The van der Waals surface area contributed by atoms with Gasteiger partial charge in [-0.15, -0.1) is 0 Å². The zero-order chi connectivity index (χ0) is 12.2. The van der Waals surface area contributed by atoms with Crippen LogP contribution in [0.1, 0.15) is 52.4 Å². The van der Waals surface area contributed by atoms with Gasteiger partial charge in [-0.1, -0.05) is 38.8 Å². The maximum Gasteiger partial charge on any atom is 0.332 e. The zero-order valence-corrected chi connectivity index (χ0v) is 10.4. The molecule has 0 aliphatic carbocycles. The molecular formula is C13H24O3. The molecular weight excluding hydrogens is 204 g/mol. The van der Waals surface area contributed by atoms with Crippen LogP contribution in [0.25, 0.3) is 0 Å². The topological polar surface area (TPSA) is 46.5 Å². The fourth-order valence-corrected chi connectivity index (χ4v) is 1.39. The number of allylic oxidation sites excluding steroid dienone is 1. The number of hydrogen-bond donors (Lipinski definition) is 1. The van der Waals surface area contributed by atoms with E-state index >= 15 is 0 Å². The van der Waals surface area contributed by atoms with Gasteiger partial charge in [-0.05, 0) is 25.7 Å². The maximum absolute atomic E-state index is 10.6. The smallest absolute Gasteiger partial charge is 0.332 e. The van der Waals surface area contributed by atoms with Crippen LogP contribution in [0.3, 0.4) is 0 Å². The largest absolute Gasteiger partial charge is 0.479 e. The highest BCUT2D eigenvalue weighted by atomic mass is 16.5. The Bertz CT molecular complexity index is 199. The van der Waals surface area contributed by atoms with Gasteiger partial charge in [0, 0.05) is 0 Å². The third-order valence-corrected chi connectivity index (χ3v) is 2.39. The summed E-state index contributed by atoms with van der Waals surface area (Å²) in [5, 5.41) is 8.73. The van der Waals surface area contributed by atoms with Gasteiger partial charge in [0.15, 0.2) is 6.10 Å². The lowest BCUT2D eigenvalue weighted by atomic mass is 10.2. The average molecular weight is 228 g/mol. The number of aliphatic carboxylic acids is 1. The van der Waals surface area contributed by atoms with Crippen molar-refractivity contribution in [3.05, 3.63) is 12.2 Å². The van der Waals surface area contributed by atoms with Crippen LogP contribution >= 0.6 is 0 Å². The van der Waals surface area contributed by atoms with E-state index in [1.165, 1.54) is 19.3 Å². The molecule has 0 radical (unpaired) electrons. The summed E-state index contributed by atoms with van der Waals surface area (Å²) in [6.07, 6.45) is 9.78. The van der Waals surface area contributed by atoms with E-state index in [2.05, 4.69) is 19.1 Å². The van der Waals surface area contributed by atoms with Gasteiger partial charge in [0.25, 0.3) is 0 Å². The molecule has 94 valence electrons. The molecule has 0 aromatic rings. The number of carboxylic acids is 1.